The van der Waals surface area contributed by atoms with Gasteiger partial charge in [0.15, 0.2) is 0 Å². The molecule has 1 heterocycles. The number of hydrogen-bond acceptors (Lipinski definition) is 5. The summed E-state index contributed by atoms with van der Waals surface area (Å²) in [6, 6.07) is 12.2. The van der Waals surface area contributed by atoms with Gasteiger partial charge in [-0.15, -0.1) is 11.3 Å². The van der Waals surface area contributed by atoms with E-state index >= 15 is 0 Å². The van der Waals surface area contributed by atoms with E-state index in [1.54, 1.807) is 18.3 Å². The molecule has 0 unspecified atom stereocenters. The van der Waals surface area contributed by atoms with E-state index in [2.05, 4.69) is 10.1 Å². The molecular formula is C21H19F3N2O2S. The summed E-state index contributed by atoms with van der Waals surface area (Å²) >= 11 is 1.58. The summed E-state index contributed by atoms with van der Waals surface area (Å²) in [4.78, 5) is 9.62. The minimum atomic E-state index is -4.34. The highest BCUT2D eigenvalue weighted by molar-refractivity contribution is 7.09. The van der Waals surface area contributed by atoms with Crippen LogP contribution in [0, 0.1) is 6.92 Å². The molecule has 0 saturated carbocycles. The molecule has 2 aromatic carbocycles. The maximum absolute atomic E-state index is 12.6. The molecular weight excluding hydrogens is 401 g/mol. The monoisotopic (exact) mass is 420 g/mol. The summed E-state index contributed by atoms with van der Waals surface area (Å²) in [5.41, 5.74) is 2.32. The Morgan fingerprint density at radius 3 is 2.31 bits per heavy atom. The number of nitrogens with zero attached hydrogens (tertiary/aromatic N) is 2. The van der Waals surface area contributed by atoms with E-state index in [0.29, 0.717) is 17.9 Å². The second kappa shape index (κ2) is 9.09. The third kappa shape index (κ3) is 6.05. The molecule has 0 saturated heterocycles. The topological polar surface area (TPSA) is 43.7 Å². The van der Waals surface area contributed by atoms with Crippen molar-refractivity contribution < 1.29 is 22.7 Å². The lowest BCUT2D eigenvalue weighted by molar-refractivity contribution is -0.137. The Morgan fingerprint density at radius 1 is 1.03 bits per heavy atom. The Kier molecular flexibility index (Phi) is 6.53. The van der Waals surface area contributed by atoms with Gasteiger partial charge in [0, 0.05) is 5.38 Å². The largest absolute Gasteiger partial charge is 0.487 e. The minimum absolute atomic E-state index is 0.0870. The van der Waals surface area contributed by atoms with Gasteiger partial charge in [0.1, 0.15) is 19.0 Å². The van der Waals surface area contributed by atoms with Crippen molar-refractivity contribution in [2.24, 2.45) is 5.16 Å². The standard InChI is InChI=1S/C21H19F3N2O2S/c1-14(26-28-11-16-3-7-18(8-4-16)21(22,23)24)17-5-9-20(10-6-17)27-12-19-13-29-15(2)25-19/h3-10,13H,11-12H2,1-2H3. The van der Waals surface area contributed by atoms with Crippen molar-refractivity contribution in [2.45, 2.75) is 33.2 Å². The van der Waals surface area contributed by atoms with Crippen LogP contribution >= 0.6 is 11.3 Å². The maximum Gasteiger partial charge on any atom is 0.416 e. The third-order valence-electron chi connectivity index (χ3n) is 4.04. The van der Waals surface area contributed by atoms with Crippen LogP contribution < -0.4 is 4.74 Å². The fraction of sp³-hybridized carbons (Fsp3) is 0.238. The number of alkyl halides is 3. The average molecular weight is 420 g/mol. The zero-order valence-corrected chi connectivity index (χ0v) is 16.7. The van der Waals surface area contributed by atoms with Crippen molar-refractivity contribution in [1.29, 1.82) is 0 Å². The van der Waals surface area contributed by atoms with Crippen LogP contribution in [0.15, 0.2) is 59.1 Å². The van der Waals surface area contributed by atoms with Crippen molar-refractivity contribution in [3.8, 4) is 5.75 Å². The second-order valence-electron chi connectivity index (χ2n) is 6.32. The van der Waals surface area contributed by atoms with Gasteiger partial charge in [0.05, 0.1) is 22.0 Å². The first-order valence-corrected chi connectivity index (χ1v) is 9.66. The van der Waals surface area contributed by atoms with Crippen LogP contribution in [-0.2, 0) is 24.2 Å². The molecule has 8 heteroatoms. The molecule has 4 nitrogen and oxygen atoms in total. The fourth-order valence-electron chi connectivity index (χ4n) is 2.47. The van der Waals surface area contributed by atoms with Crippen molar-refractivity contribution in [1.82, 2.24) is 4.98 Å². The molecule has 0 aliphatic rings. The van der Waals surface area contributed by atoms with Crippen LogP contribution in [0.4, 0.5) is 13.2 Å². The van der Waals surface area contributed by atoms with E-state index in [1.165, 1.54) is 12.1 Å². The predicted molar refractivity (Wildman–Crippen MR) is 106 cm³/mol. The smallest absolute Gasteiger partial charge is 0.416 e. The molecule has 0 fully saturated rings. The van der Waals surface area contributed by atoms with Crippen molar-refractivity contribution >= 4 is 17.0 Å². The first-order chi connectivity index (χ1) is 13.8. The number of rotatable bonds is 7. The molecule has 0 aliphatic carbocycles. The first kappa shape index (κ1) is 20.9. The van der Waals surface area contributed by atoms with Crippen molar-refractivity contribution in [2.75, 3.05) is 0 Å². The van der Waals surface area contributed by atoms with Crippen LogP contribution in [0.5, 0.6) is 5.75 Å². The number of aromatic nitrogens is 1. The van der Waals surface area contributed by atoms with E-state index in [-0.39, 0.29) is 6.61 Å². The highest BCUT2D eigenvalue weighted by Gasteiger charge is 2.29. The Morgan fingerprint density at radius 2 is 1.72 bits per heavy atom. The summed E-state index contributed by atoms with van der Waals surface area (Å²) < 4.78 is 43.4. The Hall–Kier alpha value is -2.87. The van der Waals surface area contributed by atoms with E-state index in [0.717, 1.165) is 34.1 Å². The van der Waals surface area contributed by atoms with Gasteiger partial charge in [0.2, 0.25) is 0 Å². The van der Waals surface area contributed by atoms with Crippen molar-refractivity contribution in [3.05, 3.63) is 81.3 Å². The average Bonchev–Trinajstić information content (AvgIpc) is 3.11. The lowest BCUT2D eigenvalue weighted by atomic mass is 10.1. The Bertz CT molecular complexity index is 965. The molecule has 0 N–H and O–H groups in total. The van der Waals surface area contributed by atoms with Crippen LogP contribution in [0.3, 0.4) is 0 Å². The molecule has 0 spiro atoms. The van der Waals surface area contributed by atoms with Gasteiger partial charge >= 0.3 is 6.18 Å². The van der Waals surface area contributed by atoms with Gasteiger partial charge in [-0.25, -0.2) is 4.98 Å². The highest BCUT2D eigenvalue weighted by Crippen LogP contribution is 2.29. The van der Waals surface area contributed by atoms with Gasteiger partial charge in [0.25, 0.3) is 0 Å². The van der Waals surface area contributed by atoms with Crippen LogP contribution in [0.25, 0.3) is 0 Å². The number of halogens is 3. The van der Waals surface area contributed by atoms with Gasteiger partial charge in [-0.1, -0.05) is 17.3 Å². The molecule has 1 aromatic heterocycles. The van der Waals surface area contributed by atoms with Gasteiger partial charge < -0.3 is 9.57 Å². The van der Waals surface area contributed by atoms with E-state index in [4.69, 9.17) is 9.57 Å². The maximum atomic E-state index is 12.6. The lowest BCUT2D eigenvalue weighted by Gasteiger charge is -2.08. The molecule has 0 amide bonds. The Labute approximate surface area is 170 Å². The third-order valence-corrected chi connectivity index (χ3v) is 4.86. The highest BCUT2D eigenvalue weighted by atomic mass is 32.1. The number of hydrogen-bond donors (Lipinski definition) is 0. The number of oxime groups is 1. The molecule has 3 rings (SSSR count). The van der Waals surface area contributed by atoms with Crippen molar-refractivity contribution in [3.63, 3.8) is 0 Å². The molecule has 3 aromatic rings. The SMILES string of the molecule is CC(=NOCc1ccc(C(F)(F)F)cc1)c1ccc(OCc2csc(C)n2)cc1. The fourth-order valence-corrected chi connectivity index (χ4v) is 3.07. The molecule has 0 aliphatic heterocycles. The van der Waals surface area contributed by atoms with E-state index < -0.39 is 11.7 Å². The zero-order chi connectivity index (χ0) is 20.9. The van der Waals surface area contributed by atoms with Gasteiger partial charge in [-0.3, -0.25) is 0 Å². The molecule has 0 radical (unpaired) electrons. The number of aryl methyl sites for hydroxylation is 1. The summed E-state index contributed by atoms with van der Waals surface area (Å²) in [6.07, 6.45) is -4.34. The van der Waals surface area contributed by atoms with Crippen LogP contribution in [0.1, 0.15) is 34.3 Å². The van der Waals surface area contributed by atoms with Gasteiger partial charge in [-0.2, -0.15) is 13.2 Å². The molecule has 152 valence electrons. The number of ether oxygens (including phenoxy) is 1. The second-order valence-corrected chi connectivity index (χ2v) is 7.38. The summed E-state index contributed by atoms with van der Waals surface area (Å²) in [5.74, 6) is 0.720. The van der Waals surface area contributed by atoms with Crippen LogP contribution in [0.2, 0.25) is 0 Å². The first-order valence-electron chi connectivity index (χ1n) is 8.78. The lowest BCUT2D eigenvalue weighted by Crippen LogP contribution is -2.04. The minimum Gasteiger partial charge on any atom is -0.487 e. The molecule has 29 heavy (non-hydrogen) atoms. The van der Waals surface area contributed by atoms with E-state index in [9.17, 15) is 13.2 Å². The number of benzene rings is 2. The van der Waals surface area contributed by atoms with Crippen LogP contribution in [-0.4, -0.2) is 10.7 Å². The summed E-state index contributed by atoms with van der Waals surface area (Å²) in [5, 5.41) is 7.00. The normalized spacial score (nSPS) is 12.1. The van der Waals surface area contributed by atoms with E-state index in [1.807, 2.05) is 36.6 Å². The molecule has 0 atom stereocenters. The summed E-state index contributed by atoms with van der Waals surface area (Å²) in [6.45, 7) is 4.24. The predicted octanol–water partition coefficient (Wildman–Crippen LogP) is 5.99. The Balaban J connectivity index is 1.51. The van der Waals surface area contributed by atoms with Gasteiger partial charge in [-0.05, 0) is 61.4 Å². The molecule has 0 bridgehead atoms. The number of thiazole rings is 1. The quantitative estimate of drug-likeness (QED) is 0.348. The summed E-state index contributed by atoms with van der Waals surface area (Å²) in [7, 11) is 0. The zero-order valence-electron chi connectivity index (χ0n) is 15.9.